The van der Waals surface area contributed by atoms with E-state index in [0.717, 1.165) is 6.42 Å². The molecule has 2 rings (SSSR count). The van der Waals surface area contributed by atoms with Gasteiger partial charge in [0.15, 0.2) is 0 Å². The number of nitrogens with zero attached hydrogens (tertiary/aromatic N) is 1. The molecule has 3 heteroatoms. The summed E-state index contributed by atoms with van der Waals surface area (Å²) in [4.78, 5) is 12.4. The molecule has 3 nitrogen and oxygen atoms in total. The Morgan fingerprint density at radius 1 is 0.955 bits per heavy atom. The lowest BCUT2D eigenvalue weighted by Crippen LogP contribution is -2.37. The fraction of sp³-hybridized carbons (Fsp3) is 0.316. The van der Waals surface area contributed by atoms with Crippen molar-refractivity contribution < 1.29 is 4.79 Å². The van der Waals surface area contributed by atoms with Gasteiger partial charge in [-0.05, 0) is 42.7 Å². The first-order chi connectivity index (χ1) is 10.7. The van der Waals surface area contributed by atoms with Crippen LogP contribution >= 0.6 is 0 Å². The highest BCUT2D eigenvalue weighted by Gasteiger charge is 2.13. The number of carbonyl (C=O) groups is 1. The molecule has 2 aromatic carbocycles. The third-order valence-electron chi connectivity index (χ3n) is 3.77. The Morgan fingerprint density at radius 2 is 1.64 bits per heavy atom. The van der Waals surface area contributed by atoms with Gasteiger partial charge in [-0.15, -0.1) is 0 Å². The summed E-state index contributed by atoms with van der Waals surface area (Å²) in [5.41, 5.74) is 2.58. The molecule has 2 aromatic rings. The number of hydrogen-bond donors (Lipinski definition) is 1. The van der Waals surface area contributed by atoms with Crippen LogP contribution in [0.25, 0.3) is 0 Å². The quantitative estimate of drug-likeness (QED) is 0.358. The molecular weight excluding hydrogens is 272 g/mol. The minimum Gasteiger partial charge on any atom is -0.267 e. The number of carbonyl (C=O) groups excluding carboxylic acids is 1. The molecule has 0 aliphatic heterocycles. The molecule has 0 bridgehead atoms. The fourth-order valence-corrected chi connectivity index (χ4v) is 2.41. The van der Waals surface area contributed by atoms with Crippen molar-refractivity contribution in [3.8, 4) is 0 Å². The Balaban J connectivity index is 1.96. The second-order valence-corrected chi connectivity index (χ2v) is 5.52. The highest BCUT2D eigenvalue weighted by atomic mass is 16.2. The first-order valence-electron chi connectivity index (χ1n) is 7.95. The zero-order chi connectivity index (χ0) is 15.8. The average molecular weight is 296 g/mol. The van der Waals surface area contributed by atoms with Crippen molar-refractivity contribution in [2.75, 3.05) is 5.01 Å². The van der Waals surface area contributed by atoms with Crippen molar-refractivity contribution >= 4 is 11.6 Å². The summed E-state index contributed by atoms with van der Waals surface area (Å²) in [5, 5.41) is 1.19. The lowest BCUT2D eigenvalue weighted by Gasteiger charge is -2.16. The molecule has 0 aromatic heterocycles. The third-order valence-corrected chi connectivity index (χ3v) is 3.77. The van der Waals surface area contributed by atoms with E-state index in [1.165, 1.54) is 36.3 Å². The number of para-hydroxylation sites is 1. The van der Waals surface area contributed by atoms with Crippen LogP contribution in [-0.4, -0.2) is 5.91 Å². The summed E-state index contributed by atoms with van der Waals surface area (Å²) in [6.45, 7) is 2.21. The minimum absolute atomic E-state index is 0.191. The van der Waals surface area contributed by atoms with E-state index in [-0.39, 0.29) is 5.91 Å². The number of amides is 1. The second-order valence-electron chi connectivity index (χ2n) is 5.52. The van der Waals surface area contributed by atoms with Crippen LogP contribution in [0.2, 0.25) is 0 Å². The van der Waals surface area contributed by atoms with E-state index in [1.54, 1.807) is 0 Å². The first-order valence-corrected chi connectivity index (χ1v) is 7.95. The number of rotatable bonds is 7. The van der Waals surface area contributed by atoms with Crippen LogP contribution in [0, 0.1) is 0 Å². The first kappa shape index (κ1) is 16.2. The highest BCUT2D eigenvalue weighted by molar-refractivity contribution is 6.05. The van der Waals surface area contributed by atoms with Crippen LogP contribution in [0.4, 0.5) is 5.69 Å². The number of nitrogens with two attached hydrogens (primary N) is 1. The van der Waals surface area contributed by atoms with Crippen molar-refractivity contribution in [3.63, 3.8) is 0 Å². The molecule has 0 saturated carbocycles. The van der Waals surface area contributed by atoms with Crippen molar-refractivity contribution in [2.24, 2.45) is 5.84 Å². The summed E-state index contributed by atoms with van der Waals surface area (Å²) < 4.78 is 0. The van der Waals surface area contributed by atoms with E-state index in [2.05, 4.69) is 6.92 Å². The van der Waals surface area contributed by atoms with E-state index in [9.17, 15) is 4.79 Å². The zero-order valence-corrected chi connectivity index (χ0v) is 13.2. The number of anilines is 1. The molecule has 0 aliphatic carbocycles. The molecule has 2 N–H and O–H groups in total. The van der Waals surface area contributed by atoms with Crippen LogP contribution < -0.4 is 10.9 Å². The monoisotopic (exact) mass is 296 g/mol. The standard InChI is InChI=1S/C19H24N2O/c1-2-3-4-6-9-16-12-14-17(15-13-16)19(22)21(20)18-10-7-5-8-11-18/h5,7-8,10-15H,2-4,6,9,20H2,1H3. The van der Waals surface area contributed by atoms with Crippen molar-refractivity contribution in [1.82, 2.24) is 0 Å². The molecule has 0 atom stereocenters. The molecular formula is C19H24N2O. The van der Waals surface area contributed by atoms with Gasteiger partial charge in [0.05, 0.1) is 5.69 Å². The molecule has 0 aliphatic rings. The van der Waals surface area contributed by atoms with Gasteiger partial charge in [-0.25, -0.2) is 10.9 Å². The smallest absolute Gasteiger partial charge is 0.267 e. The van der Waals surface area contributed by atoms with E-state index in [1.807, 2.05) is 54.6 Å². The predicted octanol–water partition coefficient (Wildman–Crippen LogP) is 4.33. The predicted molar refractivity (Wildman–Crippen MR) is 91.7 cm³/mol. The maximum atomic E-state index is 12.4. The normalized spacial score (nSPS) is 10.5. The lowest BCUT2D eigenvalue weighted by molar-refractivity contribution is 0.0987. The Hall–Kier alpha value is -2.13. The molecule has 0 saturated heterocycles. The van der Waals surface area contributed by atoms with E-state index >= 15 is 0 Å². The summed E-state index contributed by atoms with van der Waals surface area (Å²) in [5.74, 6) is 5.71. The summed E-state index contributed by atoms with van der Waals surface area (Å²) in [6.07, 6.45) is 6.07. The fourth-order valence-electron chi connectivity index (χ4n) is 2.41. The Kier molecular flexibility index (Phi) is 6.16. The number of unbranched alkanes of at least 4 members (excludes halogenated alkanes) is 3. The van der Waals surface area contributed by atoms with Crippen molar-refractivity contribution in [2.45, 2.75) is 39.0 Å². The number of hydrogen-bond acceptors (Lipinski definition) is 2. The average Bonchev–Trinajstić information content (AvgIpc) is 2.59. The zero-order valence-electron chi connectivity index (χ0n) is 13.2. The van der Waals surface area contributed by atoms with Gasteiger partial charge in [0.25, 0.3) is 5.91 Å². The molecule has 116 valence electrons. The van der Waals surface area contributed by atoms with Crippen LogP contribution in [0.5, 0.6) is 0 Å². The van der Waals surface area contributed by atoms with Gasteiger partial charge in [-0.2, -0.15) is 0 Å². The second kappa shape index (κ2) is 8.35. The Morgan fingerprint density at radius 3 is 2.27 bits per heavy atom. The molecule has 0 heterocycles. The van der Waals surface area contributed by atoms with Crippen LogP contribution in [-0.2, 0) is 6.42 Å². The molecule has 1 amide bonds. The Labute approximate surface area is 132 Å². The van der Waals surface area contributed by atoms with E-state index in [0.29, 0.717) is 11.3 Å². The lowest BCUT2D eigenvalue weighted by atomic mass is 10.0. The van der Waals surface area contributed by atoms with Gasteiger partial charge in [0, 0.05) is 5.56 Å². The van der Waals surface area contributed by atoms with E-state index < -0.39 is 0 Å². The molecule has 0 fully saturated rings. The van der Waals surface area contributed by atoms with Gasteiger partial charge >= 0.3 is 0 Å². The number of aryl methyl sites for hydroxylation is 1. The van der Waals surface area contributed by atoms with Gasteiger partial charge < -0.3 is 0 Å². The maximum Gasteiger partial charge on any atom is 0.272 e. The third kappa shape index (κ3) is 4.43. The van der Waals surface area contributed by atoms with Crippen LogP contribution in [0.3, 0.4) is 0 Å². The highest BCUT2D eigenvalue weighted by Crippen LogP contribution is 2.15. The molecule has 0 spiro atoms. The minimum atomic E-state index is -0.191. The number of benzene rings is 2. The van der Waals surface area contributed by atoms with Gasteiger partial charge in [-0.3, -0.25) is 4.79 Å². The number of hydrazine groups is 1. The van der Waals surface area contributed by atoms with Gasteiger partial charge in [0.2, 0.25) is 0 Å². The topological polar surface area (TPSA) is 46.3 Å². The maximum absolute atomic E-state index is 12.4. The van der Waals surface area contributed by atoms with Crippen LogP contribution in [0.15, 0.2) is 54.6 Å². The van der Waals surface area contributed by atoms with Crippen LogP contribution in [0.1, 0.15) is 48.5 Å². The Bertz CT molecular complexity index is 578. The van der Waals surface area contributed by atoms with Crippen molar-refractivity contribution in [3.05, 3.63) is 65.7 Å². The molecule has 0 unspecified atom stereocenters. The largest absolute Gasteiger partial charge is 0.272 e. The molecule has 0 radical (unpaired) electrons. The van der Waals surface area contributed by atoms with Gasteiger partial charge in [-0.1, -0.05) is 56.5 Å². The summed E-state index contributed by atoms with van der Waals surface area (Å²) in [7, 11) is 0. The summed E-state index contributed by atoms with van der Waals surface area (Å²) >= 11 is 0. The SMILES string of the molecule is CCCCCCc1ccc(C(=O)N(N)c2ccccc2)cc1. The molecule has 22 heavy (non-hydrogen) atoms. The van der Waals surface area contributed by atoms with Gasteiger partial charge in [0.1, 0.15) is 0 Å². The van der Waals surface area contributed by atoms with Crippen molar-refractivity contribution in [1.29, 1.82) is 0 Å². The van der Waals surface area contributed by atoms with E-state index in [4.69, 9.17) is 5.84 Å². The summed E-state index contributed by atoms with van der Waals surface area (Å²) in [6, 6.07) is 17.0.